The molecule has 0 aromatic heterocycles. The molecule has 1 aliphatic carbocycles. The first-order valence-corrected chi connectivity index (χ1v) is 10.5. The summed E-state index contributed by atoms with van der Waals surface area (Å²) in [4.78, 5) is 0. The smallest absolute Gasteiger partial charge is 0.248 e. The van der Waals surface area contributed by atoms with Crippen LogP contribution in [0.3, 0.4) is 0 Å². The van der Waals surface area contributed by atoms with Crippen molar-refractivity contribution in [3.8, 4) is 0 Å². The molecule has 0 aromatic carbocycles. The van der Waals surface area contributed by atoms with E-state index in [4.69, 9.17) is 4.43 Å². The number of hydrogen-bond donors (Lipinski definition) is 1. The van der Waals surface area contributed by atoms with Crippen LogP contribution in [0.2, 0.25) is 18.1 Å². The van der Waals surface area contributed by atoms with Gasteiger partial charge in [0.25, 0.3) is 0 Å². The Balaban J connectivity index is 2.53. The molecule has 1 saturated carbocycles. The predicted octanol–water partition coefficient (Wildman–Crippen LogP) is 4.44. The van der Waals surface area contributed by atoms with Crippen LogP contribution in [0.15, 0.2) is 0 Å². The van der Waals surface area contributed by atoms with Crippen molar-refractivity contribution in [1.29, 1.82) is 0 Å². The van der Waals surface area contributed by atoms with Gasteiger partial charge in [0.1, 0.15) is 0 Å². The molecule has 0 aromatic rings. The van der Waals surface area contributed by atoms with Crippen LogP contribution >= 0.6 is 0 Å². The fourth-order valence-corrected chi connectivity index (χ4v) is 3.47. The molecule has 1 rings (SSSR count). The van der Waals surface area contributed by atoms with Crippen molar-refractivity contribution in [2.45, 2.75) is 70.5 Å². The molecule has 1 fully saturated rings. The van der Waals surface area contributed by atoms with E-state index in [9.17, 15) is 13.9 Å². The van der Waals surface area contributed by atoms with Crippen LogP contribution in [0.1, 0.15) is 46.5 Å². The van der Waals surface area contributed by atoms with Gasteiger partial charge < -0.3 is 9.53 Å². The highest BCUT2D eigenvalue weighted by Crippen LogP contribution is 2.41. The third-order valence-corrected chi connectivity index (χ3v) is 9.63. The Bertz CT molecular complexity index is 303. The molecule has 0 radical (unpaired) electrons. The third kappa shape index (κ3) is 4.78. The minimum Gasteiger partial charge on any atom is -0.416 e. The van der Waals surface area contributed by atoms with E-state index < -0.39 is 14.2 Å². The van der Waals surface area contributed by atoms with E-state index in [0.29, 0.717) is 19.4 Å². The number of alkyl halides is 2. The van der Waals surface area contributed by atoms with E-state index >= 15 is 0 Å². The standard InChI is InChI=1S/C15H30F2O2Si/c1-14(2,3)20(4,5)19-11-13(10-18)12-6-8-15(16,17)9-7-12/h12-13,18H,6-11H2,1-5H3. The third-order valence-electron chi connectivity index (χ3n) is 5.13. The van der Waals surface area contributed by atoms with Crippen LogP contribution in [0, 0.1) is 11.8 Å². The molecule has 0 saturated heterocycles. The second kappa shape index (κ2) is 6.40. The highest BCUT2D eigenvalue weighted by Gasteiger charge is 2.40. The summed E-state index contributed by atoms with van der Waals surface area (Å²) in [6, 6.07) is 0. The van der Waals surface area contributed by atoms with Gasteiger partial charge in [-0.15, -0.1) is 0 Å². The lowest BCUT2D eigenvalue weighted by Crippen LogP contribution is -2.43. The van der Waals surface area contributed by atoms with Gasteiger partial charge in [-0.25, -0.2) is 8.78 Å². The maximum atomic E-state index is 13.2. The Morgan fingerprint density at radius 3 is 2.15 bits per heavy atom. The average Bonchev–Trinajstić information content (AvgIpc) is 2.30. The van der Waals surface area contributed by atoms with Gasteiger partial charge in [-0.2, -0.15) is 0 Å². The summed E-state index contributed by atoms with van der Waals surface area (Å²) in [6.45, 7) is 11.4. The van der Waals surface area contributed by atoms with Crippen molar-refractivity contribution in [1.82, 2.24) is 0 Å². The van der Waals surface area contributed by atoms with Crippen molar-refractivity contribution in [3.05, 3.63) is 0 Å². The summed E-state index contributed by atoms with van der Waals surface area (Å²) in [6.07, 6.45) is 0.903. The van der Waals surface area contributed by atoms with E-state index in [1.54, 1.807) is 0 Å². The first kappa shape index (κ1) is 18.0. The topological polar surface area (TPSA) is 29.5 Å². The number of aliphatic hydroxyl groups is 1. The minimum atomic E-state index is -2.50. The van der Waals surface area contributed by atoms with E-state index in [2.05, 4.69) is 33.9 Å². The van der Waals surface area contributed by atoms with Gasteiger partial charge >= 0.3 is 0 Å². The lowest BCUT2D eigenvalue weighted by Gasteiger charge is -2.39. The van der Waals surface area contributed by atoms with Gasteiger partial charge in [0.15, 0.2) is 8.32 Å². The van der Waals surface area contributed by atoms with Crippen molar-refractivity contribution in [3.63, 3.8) is 0 Å². The zero-order valence-corrected chi connectivity index (χ0v) is 14.5. The van der Waals surface area contributed by atoms with Gasteiger partial charge in [-0.1, -0.05) is 20.8 Å². The summed E-state index contributed by atoms with van der Waals surface area (Å²) < 4.78 is 32.5. The second-order valence-electron chi connectivity index (χ2n) is 7.71. The quantitative estimate of drug-likeness (QED) is 0.761. The first-order valence-electron chi connectivity index (χ1n) is 7.61. The first-order chi connectivity index (χ1) is 8.98. The highest BCUT2D eigenvalue weighted by molar-refractivity contribution is 6.74. The Labute approximate surface area is 123 Å². The molecule has 1 unspecified atom stereocenters. The fourth-order valence-electron chi connectivity index (χ4n) is 2.40. The lowest BCUT2D eigenvalue weighted by atomic mass is 9.79. The molecule has 1 N–H and O–H groups in total. The summed E-state index contributed by atoms with van der Waals surface area (Å²) in [7, 11) is -1.84. The maximum absolute atomic E-state index is 13.2. The SMILES string of the molecule is CC(C)(C)[Si](C)(C)OCC(CO)C1CCC(F)(F)CC1. The Hall–Kier alpha value is -0.00312. The van der Waals surface area contributed by atoms with E-state index in [-0.39, 0.29) is 36.3 Å². The molecule has 0 bridgehead atoms. The van der Waals surface area contributed by atoms with Crippen LogP contribution < -0.4 is 0 Å². The molecular formula is C15H30F2O2Si. The van der Waals surface area contributed by atoms with Crippen LogP contribution in [0.4, 0.5) is 8.78 Å². The normalized spacial score (nSPS) is 22.8. The van der Waals surface area contributed by atoms with Gasteiger partial charge in [0.2, 0.25) is 5.92 Å². The van der Waals surface area contributed by atoms with Crippen LogP contribution in [-0.2, 0) is 4.43 Å². The molecule has 0 aliphatic heterocycles. The van der Waals surface area contributed by atoms with Crippen LogP contribution in [0.25, 0.3) is 0 Å². The van der Waals surface area contributed by atoms with E-state index in [0.717, 1.165) is 0 Å². The van der Waals surface area contributed by atoms with Gasteiger partial charge in [0, 0.05) is 32.0 Å². The fraction of sp³-hybridized carbons (Fsp3) is 1.00. The molecule has 0 heterocycles. The Kier molecular flexibility index (Phi) is 5.78. The van der Waals surface area contributed by atoms with Crippen molar-refractivity contribution in [2.24, 2.45) is 11.8 Å². The monoisotopic (exact) mass is 308 g/mol. The molecule has 0 amide bonds. The molecule has 0 spiro atoms. The largest absolute Gasteiger partial charge is 0.416 e. The Morgan fingerprint density at radius 2 is 1.75 bits per heavy atom. The van der Waals surface area contributed by atoms with Crippen LogP contribution in [0.5, 0.6) is 0 Å². The van der Waals surface area contributed by atoms with E-state index in [1.165, 1.54) is 0 Å². The van der Waals surface area contributed by atoms with Crippen molar-refractivity contribution >= 4 is 8.32 Å². The van der Waals surface area contributed by atoms with Crippen molar-refractivity contribution in [2.75, 3.05) is 13.2 Å². The Morgan fingerprint density at radius 1 is 1.25 bits per heavy atom. The number of aliphatic hydroxyl groups excluding tert-OH is 1. The molecule has 1 aliphatic rings. The van der Waals surface area contributed by atoms with Crippen LogP contribution in [-0.4, -0.2) is 32.6 Å². The molecule has 120 valence electrons. The second-order valence-corrected chi connectivity index (χ2v) is 12.5. The van der Waals surface area contributed by atoms with Gasteiger partial charge in [0.05, 0.1) is 0 Å². The molecule has 5 heteroatoms. The zero-order valence-electron chi connectivity index (χ0n) is 13.5. The summed E-state index contributed by atoms with van der Waals surface area (Å²) in [5, 5.41) is 9.69. The minimum absolute atomic E-state index is 0.000208. The summed E-state index contributed by atoms with van der Waals surface area (Å²) in [5.74, 6) is -2.33. The number of hydrogen-bond acceptors (Lipinski definition) is 2. The molecule has 20 heavy (non-hydrogen) atoms. The van der Waals surface area contributed by atoms with Gasteiger partial charge in [-0.05, 0) is 36.9 Å². The van der Waals surface area contributed by atoms with E-state index in [1.807, 2.05) is 0 Å². The predicted molar refractivity (Wildman–Crippen MR) is 80.6 cm³/mol. The van der Waals surface area contributed by atoms with Gasteiger partial charge in [-0.3, -0.25) is 0 Å². The zero-order chi connectivity index (χ0) is 15.6. The maximum Gasteiger partial charge on any atom is 0.248 e. The lowest BCUT2D eigenvalue weighted by molar-refractivity contribution is -0.0587. The number of rotatable bonds is 5. The number of halogens is 2. The molecular weight excluding hydrogens is 278 g/mol. The highest BCUT2D eigenvalue weighted by atomic mass is 28.4. The summed E-state index contributed by atoms with van der Waals surface area (Å²) in [5.41, 5.74) is 0. The molecule has 1 atom stereocenters. The average molecular weight is 308 g/mol. The summed E-state index contributed by atoms with van der Waals surface area (Å²) >= 11 is 0. The molecule has 2 nitrogen and oxygen atoms in total. The van der Waals surface area contributed by atoms with Crippen molar-refractivity contribution < 1.29 is 18.3 Å².